The van der Waals surface area contributed by atoms with Crippen LogP contribution in [-0.4, -0.2) is 26.1 Å². The SMILES string of the molecule is CCCNc1ncc(F)c(-c2nccn2CC)n1. The van der Waals surface area contributed by atoms with E-state index in [0.29, 0.717) is 11.8 Å². The summed E-state index contributed by atoms with van der Waals surface area (Å²) in [5.74, 6) is 0.494. The van der Waals surface area contributed by atoms with Gasteiger partial charge in [-0.1, -0.05) is 6.92 Å². The van der Waals surface area contributed by atoms with Gasteiger partial charge in [-0.25, -0.2) is 19.3 Å². The van der Waals surface area contributed by atoms with Gasteiger partial charge in [0.05, 0.1) is 6.20 Å². The molecule has 0 radical (unpaired) electrons. The van der Waals surface area contributed by atoms with Gasteiger partial charge in [-0.05, 0) is 13.3 Å². The van der Waals surface area contributed by atoms with E-state index in [-0.39, 0.29) is 5.69 Å². The summed E-state index contributed by atoms with van der Waals surface area (Å²) < 4.78 is 15.6. The van der Waals surface area contributed by atoms with Gasteiger partial charge < -0.3 is 9.88 Å². The summed E-state index contributed by atoms with van der Waals surface area (Å²) in [6, 6.07) is 0. The van der Waals surface area contributed by atoms with Crippen molar-refractivity contribution in [1.82, 2.24) is 19.5 Å². The van der Waals surface area contributed by atoms with E-state index in [4.69, 9.17) is 0 Å². The summed E-state index contributed by atoms with van der Waals surface area (Å²) in [6.45, 7) is 5.49. The van der Waals surface area contributed by atoms with Gasteiger partial charge >= 0.3 is 0 Å². The van der Waals surface area contributed by atoms with E-state index in [0.717, 1.165) is 19.5 Å². The predicted octanol–water partition coefficient (Wildman–Crippen LogP) is 2.32. The lowest BCUT2D eigenvalue weighted by molar-refractivity contribution is 0.613. The minimum Gasteiger partial charge on any atom is -0.354 e. The smallest absolute Gasteiger partial charge is 0.223 e. The van der Waals surface area contributed by atoms with Gasteiger partial charge in [0.2, 0.25) is 5.95 Å². The number of hydrogen-bond acceptors (Lipinski definition) is 4. The minimum absolute atomic E-state index is 0.232. The van der Waals surface area contributed by atoms with E-state index in [1.54, 1.807) is 12.4 Å². The molecule has 0 amide bonds. The molecular formula is C12H16FN5. The number of halogens is 1. The fraction of sp³-hybridized carbons (Fsp3) is 0.417. The molecule has 2 aromatic heterocycles. The number of anilines is 1. The van der Waals surface area contributed by atoms with Crippen molar-refractivity contribution in [2.24, 2.45) is 0 Å². The highest BCUT2D eigenvalue weighted by Gasteiger charge is 2.13. The molecule has 1 N–H and O–H groups in total. The molecule has 6 heteroatoms. The average Bonchev–Trinajstić information content (AvgIpc) is 2.86. The van der Waals surface area contributed by atoms with Crippen LogP contribution in [0.5, 0.6) is 0 Å². The molecule has 18 heavy (non-hydrogen) atoms. The van der Waals surface area contributed by atoms with Gasteiger partial charge in [0.1, 0.15) is 5.69 Å². The zero-order valence-corrected chi connectivity index (χ0v) is 10.5. The van der Waals surface area contributed by atoms with Crippen molar-refractivity contribution in [1.29, 1.82) is 0 Å². The van der Waals surface area contributed by atoms with Crippen LogP contribution >= 0.6 is 0 Å². The Bertz CT molecular complexity index is 523. The van der Waals surface area contributed by atoms with Crippen LogP contribution in [0, 0.1) is 5.82 Å². The molecule has 96 valence electrons. The van der Waals surface area contributed by atoms with Crippen molar-refractivity contribution in [3.8, 4) is 11.5 Å². The van der Waals surface area contributed by atoms with Crippen LogP contribution in [0.25, 0.3) is 11.5 Å². The fourth-order valence-electron chi connectivity index (χ4n) is 1.63. The fourth-order valence-corrected chi connectivity index (χ4v) is 1.63. The zero-order valence-electron chi connectivity index (χ0n) is 10.5. The summed E-state index contributed by atoms with van der Waals surface area (Å²) in [5.41, 5.74) is 0.232. The second-order valence-electron chi connectivity index (χ2n) is 3.85. The van der Waals surface area contributed by atoms with E-state index in [1.807, 2.05) is 18.4 Å². The van der Waals surface area contributed by atoms with Gasteiger partial charge in [-0.2, -0.15) is 0 Å². The van der Waals surface area contributed by atoms with Crippen molar-refractivity contribution >= 4 is 5.95 Å². The van der Waals surface area contributed by atoms with Gasteiger partial charge in [0.15, 0.2) is 11.6 Å². The van der Waals surface area contributed by atoms with E-state index < -0.39 is 5.82 Å². The number of hydrogen-bond donors (Lipinski definition) is 1. The summed E-state index contributed by atoms with van der Waals surface area (Å²) in [6.07, 6.45) is 5.57. The Hall–Kier alpha value is -1.98. The second-order valence-corrected chi connectivity index (χ2v) is 3.85. The molecule has 0 fully saturated rings. The number of rotatable bonds is 5. The molecular weight excluding hydrogens is 233 g/mol. The topological polar surface area (TPSA) is 55.6 Å². The normalized spacial score (nSPS) is 10.6. The zero-order chi connectivity index (χ0) is 13.0. The largest absolute Gasteiger partial charge is 0.354 e. The highest BCUT2D eigenvalue weighted by molar-refractivity contribution is 5.52. The second kappa shape index (κ2) is 5.57. The number of aryl methyl sites for hydroxylation is 1. The number of imidazole rings is 1. The van der Waals surface area contributed by atoms with Crippen LogP contribution in [0.1, 0.15) is 20.3 Å². The first kappa shape index (κ1) is 12.5. The van der Waals surface area contributed by atoms with Crippen molar-refractivity contribution < 1.29 is 4.39 Å². The predicted molar refractivity (Wildman–Crippen MR) is 67.7 cm³/mol. The van der Waals surface area contributed by atoms with Crippen LogP contribution in [0.4, 0.5) is 10.3 Å². The van der Waals surface area contributed by atoms with Gasteiger partial charge in [-0.3, -0.25) is 0 Å². The Morgan fingerprint density at radius 2 is 2.17 bits per heavy atom. The van der Waals surface area contributed by atoms with Crippen LogP contribution < -0.4 is 5.32 Å². The molecule has 0 aliphatic heterocycles. The van der Waals surface area contributed by atoms with E-state index in [9.17, 15) is 4.39 Å². The molecule has 0 aliphatic carbocycles. The third-order valence-corrected chi connectivity index (χ3v) is 2.55. The maximum Gasteiger partial charge on any atom is 0.223 e. The summed E-state index contributed by atoms with van der Waals surface area (Å²) >= 11 is 0. The first-order valence-corrected chi connectivity index (χ1v) is 6.04. The Labute approximate surface area is 105 Å². The van der Waals surface area contributed by atoms with E-state index in [2.05, 4.69) is 20.3 Å². The first-order chi connectivity index (χ1) is 8.76. The monoisotopic (exact) mass is 249 g/mol. The molecule has 0 aliphatic rings. The van der Waals surface area contributed by atoms with Crippen molar-refractivity contribution in [3.63, 3.8) is 0 Å². The van der Waals surface area contributed by atoms with Crippen LogP contribution in [0.15, 0.2) is 18.6 Å². The van der Waals surface area contributed by atoms with Gasteiger partial charge in [0, 0.05) is 25.5 Å². The molecule has 0 bridgehead atoms. The summed E-state index contributed by atoms with van der Waals surface area (Å²) in [7, 11) is 0. The minimum atomic E-state index is -0.460. The average molecular weight is 249 g/mol. The maximum absolute atomic E-state index is 13.8. The van der Waals surface area contributed by atoms with Crippen LogP contribution in [0.3, 0.4) is 0 Å². The quantitative estimate of drug-likeness (QED) is 0.883. The highest BCUT2D eigenvalue weighted by atomic mass is 19.1. The molecule has 2 aromatic rings. The molecule has 0 unspecified atom stereocenters. The Kier molecular flexibility index (Phi) is 3.86. The van der Waals surface area contributed by atoms with Crippen molar-refractivity contribution in [2.45, 2.75) is 26.8 Å². The maximum atomic E-state index is 13.8. The molecule has 0 saturated heterocycles. The third-order valence-electron chi connectivity index (χ3n) is 2.55. The first-order valence-electron chi connectivity index (χ1n) is 6.04. The lowest BCUT2D eigenvalue weighted by atomic mass is 10.3. The van der Waals surface area contributed by atoms with Gasteiger partial charge in [0.25, 0.3) is 0 Å². The van der Waals surface area contributed by atoms with Crippen LogP contribution in [-0.2, 0) is 6.54 Å². The summed E-state index contributed by atoms with van der Waals surface area (Å²) in [4.78, 5) is 12.2. The Morgan fingerprint density at radius 1 is 1.33 bits per heavy atom. The Balaban J connectivity index is 2.37. The van der Waals surface area contributed by atoms with E-state index >= 15 is 0 Å². The van der Waals surface area contributed by atoms with Crippen molar-refractivity contribution in [3.05, 3.63) is 24.4 Å². The number of aromatic nitrogens is 4. The Morgan fingerprint density at radius 3 is 2.89 bits per heavy atom. The molecule has 5 nitrogen and oxygen atoms in total. The lowest BCUT2D eigenvalue weighted by Crippen LogP contribution is -2.07. The number of nitrogens with one attached hydrogen (secondary N) is 1. The summed E-state index contributed by atoms with van der Waals surface area (Å²) in [5, 5.41) is 3.04. The standard InChI is InChI=1S/C12H16FN5/c1-3-5-15-12-16-8-9(13)10(17-12)11-14-6-7-18(11)4-2/h6-8H,3-5H2,1-2H3,(H,15,16,17). The lowest BCUT2D eigenvalue weighted by Gasteiger charge is -2.07. The third kappa shape index (κ3) is 2.47. The molecule has 2 heterocycles. The van der Waals surface area contributed by atoms with Crippen molar-refractivity contribution in [2.75, 3.05) is 11.9 Å². The molecule has 0 atom stereocenters. The van der Waals surface area contributed by atoms with Gasteiger partial charge in [-0.15, -0.1) is 0 Å². The van der Waals surface area contributed by atoms with Crippen LogP contribution in [0.2, 0.25) is 0 Å². The van der Waals surface area contributed by atoms with E-state index in [1.165, 1.54) is 6.20 Å². The highest BCUT2D eigenvalue weighted by Crippen LogP contribution is 2.19. The molecule has 2 rings (SSSR count). The molecule has 0 spiro atoms. The molecule has 0 saturated carbocycles. The number of nitrogens with zero attached hydrogens (tertiary/aromatic N) is 4. The molecule has 0 aromatic carbocycles.